The molecule has 0 radical (unpaired) electrons. The van der Waals surface area contributed by atoms with Crippen molar-refractivity contribution < 1.29 is 4.74 Å². The fourth-order valence-electron chi connectivity index (χ4n) is 1.24. The van der Waals surface area contributed by atoms with Crippen molar-refractivity contribution >= 4 is 34.4 Å². The number of hydrogen-bond acceptors (Lipinski definition) is 4. The molecule has 0 saturated heterocycles. The molecule has 0 aliphatic rings. The van der Waals surface area contributed by atoms with E-state index >= 15 is 0 Å². The molecule has 0 saturated carbocycles. The number of fused-ring (bicyclic) bond motifs is 1. The van der Waals surface area contributed by atoms with Crippen LogP contribution in [0.5, 0.6) is 5.75 Å². The Hall–Kier alpha value is -0.870. The Bertz CT molecular complexity index is 458. The summed E-state index contributed by atoms with van der Waals surface area (Å²) in [7, 11) is 0. The van der Waals surface area contributed by atoms with Gasteiger partial charge >= 0.3 is 0 Å². The molecule has 0 atom stereocenters. The van der Waals surface area contributed by atoms with Crippen LogP contribution in [0.15, 0.2) is 12.1 Å². The molecule has 0 bridgehead atoms. The zero-order valence-electron chi connectivity index (χ0n) is 8.36. The van der Waals surface area contributed by atoms with E-state index in [9.17, 15) is 0 Å². The van der Waals surface area contributed by atoms with Gasteiger partial charge in [-0.2, -0.15) is 8.75 Å². The summed E-state index contributed by atoms with van der Waals surface area (Å²) in [5.74, 6) is 0.699. The van der Waals surface area contributed by atoms with Crippen molar-refractivity contribution in [1.82, 2.24) is 8.75 Å². The van der Waals surface area contributed by atoms with E-state index in [0.717, 1.165) is 35.6 Å². The number of ether oxygens (including phenoxy) is 1. The second kappa shape index (κ2) is 4.77. The molecule has 2 rings (SSSR count). The summed E-state index contributed by atoms with van der Waals surface area (Å²) in [5.41, 5.74) is 1.56. The smallest absolute Gasteiger partial charge is 0.140 e. The van der Waals surface area contributed by atoms with Crippen LogP contribution < -0.4 is 4.74 Å². The van der Waals surface area contributed by atoms with Crippen LogP contribution in [-0.4, -0.2) is 15.4 Å². The van der Waals surface area contributed by atoms with Crippen molar-refractivity contribution in [2.75, 3.05) is 6.61 Å². The van der Waals surface area contributed by atoms with Crippen LogP contribution in [0.2, 0.25) is 5.02 Å². The number of nitrogens with zero attached hydrogens (tertiary/aromatic N) is 2. The minimum Gasteiger partial charge on any atom is -0.492 e. The number of aromatic nitrogens is 2. The zero-order chi connectivity index (χ0) is 10.7. The highest BCUT2D eigenvalue weighted by Gasteiger charge is 2.09. The van der Waals surface area contributed by atoms with E-state index in [1.165, 1.54) is 0 Å². The monoisotopic (exact) mass is 242 g/mol. The second-order valence-electron chi connectivity index (χ2n) is 3.21. The van der Waals surface area contributed by atoms with E-state index in [1.807, 2.05) is 12.1 Å². The van der Waals surface area contributed by atoms with Gasteiger partial charge < -0.3 is 4.74 Å². The molecular formula is C10H11ClN2OS. The summed E-state index contributed by atoms with van der Waals surface area (Å²) >= 11 is 7.31. The molecule has 2 aromatic rings. The highest BCUT2D eigenvalue weighted by atomic mass is 35.5. The van der Waals surface area contributed by atoms with E-state index in [-0.39, 0.29) is 0 Å². The van der Waals surface area contributed by atoms with Crippen molar-refractivity contribution in [3.63, 3.8) is 0 Å². The molecule has 1 heterocycles. The van der Waals surface area contributed by atoms with E-state index < -0.39 is 0 Å². The molecule has 3 nitrogen and oxygen atoms in total. The van der Waals surface area contributed by atoms with Gasteiger partial charge in [-0.25, -0.2) is 0 Å². The summed E-state index contributed by atoms with van der Waals surface area (Å²) < 4.78 is 13.8. The Morgan fingerprint density at radius 3 is 3.07 bits per heavy atom. The number of rotatable bonds is 4. The molecule has 0 fully saturated rings. The van der Waals surface area contributed by atoms with E-state index in [1.54, 1.807) is 0 Å². The maximum absolute atomic E-state index is 6.14. The molecule has 0 aliphatic heterocycles. The van der Waals surface area contributed by atoms with Crippen LogP contribution in [0.3, 0.4) is 0 Å². The van der Waals surface area contributed by atoms with Crippen LogP contribution in [0.25, 0.3) is 11.0 Å². The first kappa shape index (κ1) is 10.6. The highest BCUT2D eigenvalue weighted by molar-refractivity contribution is 7.00. The predicted molar refractivity (Wildman–Crippen MR) is 62.8 cm³/mol. The Morgan fingerprint density at radius 2 is 2.27 bits per heavy atom. The lowest BCUT2D eigenvalue weighted by atomic mass is 10.3. The lowest BCUT2D eigenvalue weighted by Gasteiger charge is -2.06. The average Bonchev–Trinajstić information content (AvgIpc) is 2.70. The molecule has 0 aliphatic carbocycles. The van der Waals surface area contributed by atoms with Crippen LogP contribution in [0.1, 0.15) is 19.8 Å². The molecular weight excluding hydrogens is 232 g/mol. The third-order valence-electron chi connectivity index (χ3n) is 2.09. The molecule has 15 heavy (non-hydrogen) atoms. The predicted octanol–water partition coefficient (Wildman–Crippen LogP) is 3.52. The lowest BCUT2D eigenvalue weighted by molar-refractivity contribution is 0.310. The summed E-state index contributed by atoms with van der Waals surface area (Å²) in [4.78, 5) is 0. The normalized spacial score (nSPS) is 10.8. The van der Waals surface area contributed by atoms with Gasteiger partial charge in [0.15, 0.2) is 0 Å². The van der Waals surface area contributed by atoms with Gasteiger partial charge in [-0.05, 0) is 18.6 Å². The van der Waals surface area contributed by atoms with E-state index in [2.05, 4.69) is 15.7 Å². The van der Waals surface area contributed by atoms with Crippen LogP contribution in [0, 0.1) is 0 Å². The quantitative estimate of drug-likeness (QED) is 0.770. The van der Waals surface area contributed by atoms with Crippen molar-refractivity contribution in [2.45, 2.75) is 19.8 Å². The van der Waals surface area contributed by atoms with E-state index in [4.69, 9.17) is 16.3 Å². The second-order valence-corrected chi connectivity index (χ2v) is 4.12. The van der Waals surface area contributed by atoms with Gasteiger partial charge in [0, 0.05) is 0 Å². The largest absolute Gasteiger partial charge is 0.492 e. The maximum Gasteiger partial charge on any atom is 0.140 e. The van der Waals surface area contributed by atoms with Gasteiger partial charge in [0.1, 0.15) is 21.8 Å². The van der Waals surface area contributed by atoms with Gasteiger partial charge in [-0.3, -0.25) is 0 Å². The van der Waals surface area contributed by atoms with Crippen molar-refractivity contribution in [3.8, 4) is 5.75 Å². The fourth-order valence-corrected chi connectivity index (χ4v) is 2.09. The Morgan fingerprint density at radius 1 is 1.40 bits per heavy atom. The molecule has 0 unspecified atom stereocenters. The molecule has 0 spiro atoms. The summed E-state index contributed by atoms with van der Waals surface area (Å²) in [5, 5.41) is 0.567. The van der Waals surface area contributed by atoms with Gasteiger partial charge in [-0.15, -0.1) is 0 Å². The van der Waals surface area contributed by atoms with Crippen molar-refractivity contribution in [2.24, 2.45) is 0 Å². The van der Waals surface area contributed by atoms with Crippen LogP contribution in [0.4, 0.5) is 0 Å². The van der Waals surface area contributed by atoms with Gasteiger partial charge in [0.25, 0.3) is 0 Å². The third-order valence-corrected chi connectivity index (χ3v) is 2.99. The first-order valence-electron chi connectivity index (χ1n) is 4.86. The average molecular weight is 243 g/mol. The van der Waals surface area contributed by atoms with E-state index in [0.29, 0.717) is 17.4 Å². The Balaban J connectivity index is 2.23. The van der Waals surface area contributed by atoms with Crippen LogP contribution >= 0.6 is 23.3 Å². The molecule has 1 aromatic heterocycles. The number of unbranched alkanes of at least 4 members (excludes halogenated alkanes) is 1. The van der Waals surface area contributed by atoms with Gasteiger partial charge in [0.2, 0.25) is 0 Å². The number of halogens is 1. The summed E-state index contributed by atoms with van der Waals surface area (Å²) in [6.45, 7) is 2.82. The lowest BCUT2D eigenvalue weighted by Crippen LogP contribution is -1.97. The summed E-state index contributed by atoms with van der Waals surface area (Å²) in [6, 6.07) is 3.73. The zero-order valence-corrected chi connectivity index (χ0v) is 9.94. The number of hydrogen-bond donors (Lipinski definition) is 0. The molecule has 0 amide bonds. The summed E-state index contributed by atoms with van der Waals surface area (Å²) in [6.07, 6.45) is 2.14. The van der Waals surface area contributed by atoms with Crippen molar-refractivity contribution in [3.05, 3.63) is 17.2 Å². The SMILES string of the molecule is CCCCOc1ccc2nsnc2c1Cl. The van der Waals surface area contributed by atoms with Gasteiger partial charge in [0.05, 0.1) is 18.3 Å². The molecule has 5 heteroatoms. The molecule has 80 valence electrons. The highest BCUT2D eigenvalue weighted by Crippen LogP contribution is 2.31. The maximum atomic E-state index is 6.14. The molecule has 0 N–H and O–H groups in total. The van der Waals surface area contributed by atoms with Crippen LogP contribution in [-0.2, 0) is 0 Å². The third kappa shape index (κ3) is 2.21. The fraction of sp³-hybridized carbons (Fsp3) is 0.400. The minimum absolute atomic E-state index is 0.567. The first-order valence-corrected chi connectivity index (χ1v) is 5.97. The Kier molecular flexibility index (Phi) is 3.38. The Labute approximate surface area is 97.4 Å². The topological polar surface area (TPSA) is 35.0 Å². The van der Waals surface area contributed by atoms with Gasteiger partial charge in [-0.1, -0.05) is 24.9 Å². The minimum atomic E-state index is 0.567. The molecule has 1 aromatic carbocycles. The standard InChI is InChI=1S/C10H11ClN2OS/c1-2-3-6-14-8-5-4-7-10(9(8)11)13-15-12-7/h4-5H,2-3,6H2,1H3. The first-order chi connectivity index (χ1) is 7.33. The van der Waals surface area contributed by atoms with Crippen molar-refractivity contribution in [1.29, 1.82) is 0 Å². The number of benzene rings is 1.